The van der Waals surface area contributed by atoms with Gasteiger partial charge in [-0.05, 0) is 30.9 Å². The first-order chi connectivity index (χ1) is 8.96. The molecule has 0 unspecified atom stereocenters. The zero-order valence-corrected chi connectivity index (χ0v) is 12.0. The Morgan fingerprint density at radius 1 is 1.37 bits per heavy atom. The van der Waals surface area contributed by atoms with E-state index in [1.807, 2.05) is 19.9 Å². The molecule has 0 N–H and O–H groups in total. The highest BCUT2D eigenvalue weighted by molar-refractivity contribution is 7.89. The molecule has 5 heteroatoms. The van der Waals surface area contributed by atoms with Crippen LogP contribution in [-0.2, 0) is 10.0 Å². The van der Waals surface area contributed by atoms with Gasteiger partial charge < -0.3 is 0 Å². The minimum absolute atomic E-state index is 0.110. The number of sulfonamides is 1. The van der Waals surface area contributed by atoms with Crippen molar-refractivity contribution < 1.29 is 8.42 Å². The van der Waals surface area contributed by atoms with Crippen molar-refractivity contribution in [2.45, 2.75) is 37.6 Å². The SMILES string of the molecule is CC(C)CN(C1CC1)S(=O)(=O)c1ccccc1C#N. The van der Waals surface area contributed by atoms with Crippen LogP contribution in [0.15, 0.2) is 29.2 Å². The summed E-state index contributed by atoms with van der Waals surface area (Å²) >= 11 is 0. The summed E-state index contributed by atoms with van der Waals surface area (Å²) in [6, 6.07) is 8.48. The third-order valence-electron chi connectivity index (χ3n) is 3.09. The summed E-state index contributed by atoms with van der Waals surface area (Å²) in [5.41, 5.74) is 0.219. The fourth-order valence-electron chi connectivity index (χ4n) is 2.08. The third kappa shape index (κ3) is 2.96. The average Bonchev–Trinajstić information content (AvgIpc) is 3.19. The summed E-state index contributed by atoms with van der Waals surface area (Å²) in [5.74, 6) is 0.268. The zero-order valence-electron chi connectivity index (χ0n) is 11.2. The minimum atomic E-state index is -3.56. The normalized spacial score (nSPS) is 15.7. The standard InChI is InChI=1S/C14H18N2O2S/c1-11(2)10-16(13-7-8-13)19(17,18)14-6-4-3-5-12(14)9-15/h3-6,11,13H,7-8,10H2,1-2H3. The second-order valence-corrected chi connectivity index (χ2v) is 7.17. The summed E-state index contributed by atoms with van der Waals surface area (Å²) in [7, 11) is -3.56. The molecule has 1 aromatic rings. The fourth-order valence-corrected chi connectivity index (χ4v) is 4.07. The molecule has 0 aliphatic heterocycles. The highest BCUT2D eigenvalue weighted by Crippen LogP contribution is 2.33. The minimum Gasteiger partial charge on any atom is -0.207 e. The van der Waals surface area contributed by atoms with E-state index < -0.39 is 10.0 Å². The van der Waals surface area contributed by atoms with E-state index >= 15 is 0 Å². The Labute approximate surface area is 114 Å². The molecule has 0 bridgehead atoms. The summed E-state index contributed by atoms with van der Waals surface area (Å²) in [6.45, 7) is 4.51. The van der Waals surface area contributed by atoms with Crippen LogP contribution in [0.3, 0.4) is 0 Å². The van der Waals surface area contributed by atoms with E-state index in [1.165, 1.54) is 6.07 Å². The largest absolute Gasteiger partial charge is 0.244 e. The summed E-state index contributed by atoms with van der Waals surface area (Å²) in [6.07, 6.45) is 1.83. The molecule has 0 atom stereocenters. The highest BCUT2D eigenvalue weighted by atomic mass is 32.2. The van der Waals surface area contributed by atoms with Gasteiger partial charge in [-0.1, -0.05) is 26.0 Å². The van der Waals surface area contributed by atoms with Gasteiger partial charge in [-0.2, -0.15) is 9.57 Å². The Morgan fingerprint density at radius 3 is 2.53 bits per heavy atom. The lowest BCUT2D eigenvalue weighted by atomic mass is 10.2. The van der Waals surface area contributed by atoms with Gasteiger partial charge in [0.2, 0.25) is 10.0 Å². The molecule has 1 aliphatic rings. The summed E-state index contributed by atoms with van der Waals surface area (Å²) < 4.78 is 27.0. The molecule has 0 aromatic heterocycles. The molecule has 4 nitrogen and oxygen atoms in total. The smallest absolute Gasteiger partial charge is 0.207 e. The van der Waals surface area contributed by atoms with Crippen molar-refractivity contribution in [1.29, 1.82) is 5.26 Å². The third-order valence-corrected chi connectivity index (χ3v) is 5.07. The van der Waals surface area contributed by atoms with Gasteiger partial charge in [0.15, 0.2) is 0 Å². The molecule has 0 radical (unpaired) electrons. The van der Waals surface area contributed by atoms with Crippen molar-refractivity contribution in [3.8, 4) is 6.07 Å². The molecular weight excluding hydrogens is 260 g/mol. The molecule has 0 amide bonds. The zero-order chi connectivity index (χ0) is 14.0. The van der Waals surface area contributed by atoms with Crippen LogP contribution in [0.25, 0.3) is 0 Å². The van der Waals surface area contributed by atoms with Crippen molar-refractivity contribution in [1.82, 2.24) is 4.31 Å². The van der Waals surface area contributed by atoms with Crippen LogP contribution in [0.2, 0.25) is 0 Å². The lowest BCUT2D eigenvalue weighted by Gasteiger charge is -2.24. The van der Waals surface area contributed by atoms with Gasteiger partial charge in [-0.25, -0.2) is 8.42 Å². The quantitative estimate of drug-likeness (QED) is 0.830. The van der Waals surface area contributed by atoms with E-state index in [9.17, 15) is 8.42 Å². The molecular formula is C14H18N2O2S. The van der Waals surface area contributed by atoms with E-state index in [2.05, 4.69) is 0 Å². The first-order valence-corrected chi connectivity index (χ1v) is 7.91. The fraction of sp³-hybridized carbons (Fsp3) is 0.500. The van der Waals surface area contributed by atoms with Gasteiger partial charge in [-0.3, -0.25) is 0 Å². The van der Waals surface area contributed by atoms with Crippen molar-refractivity contribution in [2.24, 2.45) is 5.92 Å². The topological polar surface area (TPSA) is 61.2 Å². The first kappa shape index (κ1) is 14.0. The van der Waals surface area contributed by atoms with E-state index in [1.54, 1.807) is 22.5 Å². The van der Waals surface area contributed by atoms with Crippen molar-refractivity contribution in [3.63, 3.8) is 0 Å². The molecule has 2 rings (SSSR count). The molecule has 0 saturated heterocycles. The Balaban J connectivity index is 2.42. The Bertz CT molecular complexity index is 598. The molecule has 1 saturated carbocycles. The summed E-state index contributed by atoms with van der Waals surface area (Å²) in [5, 5.41) is 9.07. The van der Waals surface area contributed by atoms with Crippen molar-refractivity contribution >= 4 is 10.0 Å². The molecule has 19 heavy (non-hydrogen) atoms. The number of nitriles is 1. The predicted molar refractivity (Wildman–Crippen MR) is 72.9 cm³/mol. The van der Waals surface area contributed by atoms with Crippen molar-refractivity contribution in [3.05, 3.63) is 29.8 Å². The molecule has 0 heterocycles. The van der Waals surface area contributed by atoms with E-state index in [-0.39, 0.29) is 22.4 Å². The number of rotatable bonds is 5. The maximum atomic E-state index is 12.7. The van der Waals surface area contributed by atoms with E-state index in [0.717, 1.165) is 12.8 Å². The molecule has 1 aliphatic carbocycles. The number of nitrogens with zero attached hydrogens (tertiary/aromatic N) is 2. The van der Waals surface area contributed by atoms with Gasteiger partial charge in [-0.15, -0.1) is 0 Å². The predicted octanol–water partition coefficient (Wildman–Crippen LogP) is 2.37. The van der Waals surface area contributed by atoms with Crippen LogP contribution >= 0.6 is 0 Å². The number of benzene rings is 1. The molecule has 0 spiro atoms. The van der Waals surface area contributed by atoms with Gasteiger partial charge >= 0.3 is 0 Å². The van der Waals surface area contributed by atoms with Crippen LogP contribution < -0.4 is 0 Å². The molecule has 1 fully saturated rings. The van der Waals surface area contributed by atoms with E-state index in [0.29, 0.717) is 6.54 Å². The van der Waals surface area contributed by atoms with Gasteiger partial charge in [0, 0.05) is 12.6 Å². The van der Waals surface area contributed by atoms with E-state index in [4.69, 9.17) is 5.26 Å². The maximum Gasteiger partial charge on any atom is 0.244 e. The lowest BCUT2D eigenvalue weighted by Crippen LogP contribution is -2.36. The second kappa shape index (κ2) is 5.32. The highest BCUT2D eigenvalue weighted by Gasteiger charge is 2.39. The Hall–Kier alpha value is -1.38. The molecule has 1 aromatic carbocycles. The second-order valence-electron chi connectivity index (χ2n) is 5.31. The number of hydrogen-bond donors (Lipinski definition) is 0. The van der Waals surface area contributed by atoms with Gasteiger partial charge in [0.25, 0.3) is 0 Å². The monoisotopic (exact) mass is 278 g/mol. The van der Waals surface area contributed by atoms with Crippen LogP contribution in [0.5, 0.6) is 0 Å². The Morgan fingerprint density at radius 2 is 2.00 bits per heavy atom. The van der Waals surface area contributed by atoms with Crippen LogP contribution in [-0.4, -0.2) is 25.3 Å². The van der Waals surface area contributed by atoms with Gasteiger partial charge in [0.05, 0.1) is 10.5 Å². The number of hydrogen-bond acceptors (Lipinski definition) is 3. The lowest BCUT2D eigenvalue weighted by molar-refractivity contribution is 0.360. The average molecular weight is 278 g/mol. The van der Waals surface area contributed by atoms with Gasteiger partial charge in [0.1, 0.15) is 6.07 Å². The van der Waals surface area contributed by atoms with Crippen molar-refractivity contribution in [2.75, 3.05) is 6.54 Å². The Kier molecular flexibility index (Phi) is 3.93. The summed E-state index contributed by atoms with van der Waals surface area (Å²) in [4.78, 5) is 0.130. The van der Waals surface area contributed by atoms with Crippen LogP contribution in [0, 0.1) is 17.2 Å². The molecule has 102 valence electrons. The maximum absolute atomic E-state index is 12.7. The van der Waals surface area contributed by atoms with Crippen LogP contribution in [0.1, 0.15) is 32.3 Å². The van der Waals surface area contributed by atoms with Crippen LogP contribution in [0.4, 0.5) is 0 Å². The first-order valence-electron chi connectivity index (χ1n) is 6.47.